The summed E-state index contributed by atoms with van der Waals surface area (Å²) in [6, 6.07) is 9.67. The molecule has 0 radical (unpaired) electrons. The summed E-state index contributed by atoms with van der Waals surface area (Å²) in [5.41, 5.74) is 3.17. The second-order valence-electron chi connectivity index (χ2n) is 5.11. The molecule has 0 fully saturated rings. The Kier molecular flexibility index (Phi) is 4.93. The summed E-state index contributed by atoms with van der Waals surface area (Å²) in [7, 11) is 0. The van der Waals surface area contributed by atoms with E-state index in [1.807, 2.05) is 44.2 Å². The molecule has 0 aliphatic heterocycles. The molecule has 4 nitrogen and oxygen atoms in total. The van der Waals surface area contributed by atoms with Crippen LogP contribution in [0.15, 0.2) is 42.7 Å². The molecule has 0 bridgehead atoms. The van der Waals surface area contributed by atoms with Crippen molar-refractivity contribution in [1.82, 2.24) is 10.3 Å². The van der Waals surface area contributed by atoms with Crippen LogP contribution >= 0.6 is 0 Å². The van der Waals surface area contributed by atoms with Gasteiger partial charge in [-0.1, -0.05) is 23.8 Å². The number of carbonyl (C=O) groups excluding carboxylic acids is 1. The minimum atomic E-state index is -0.539. The third-order valence-corrected chi connectivity index (χ3v) is 3.19. The van der Waals surface area contributed by atoms with Gasteiger partial charge in [0, 0.05) is 18.9 Å². The second-order valence-corrected chi connectivity index (χ2v) is 5.11. The van der Waals surface area contributed by atoms with Gasteiger partial charge in [-0.15, -0.1) is 0 Å². The van der Waals surface area contributed by atoms with Gasteiger partial charge in [0.15, 0.2) is 6.10 Å². The average Bonchev–Trinajstić information content (AvgIpc) is 2.48. The summed E-state index contributed by atoms with van der Waals surface area (Å²) in [5.74, 6) is 0.600. The summed E-state index contributed by atoms with van der Waals surface area (Å²) in [4.78, 5) is 16.1. The van der Waals surface area contributed by atoms with Crippen LogP contribution in [0.5, 0.6) is 5.75 Å². The van der Waals surface area contributed by atoms with E-state index in [0.29, 0.717) is 6.54 Å². The topological polar surface area (TPSA) is 51.2 Å². The highest BCUT2D eigenvalue weighted by molar-refractivity contribution is 5.80. The number of hydrogen-bond donors (Lipinski definition) is 1. The fraction of sp³-hybridized carbons (Fsp3) is 0.294. The van der Waals surface area contributed by atoms with Gasteiger partial charge in [0.2, 0.25) is 0 Å². The van der Waals surface area contributed by atoms with E-state index in [1.54, 1.807) is 19.3 Å². The number of benzene rings is 1. The summed E-state index contributed by atoms with van der Waals surface area (Å²) >= 11 is 0. The van der Waals surface area contributed by atoms with E-state index in [2.05, 4.69) is 10.3 Å². The maximum Gasteiger partial charge on any atom is 0.261 e. The smallest absolute Gasteiger partial charge is 0.261 e. The lowest BCUT2D eigenvalue weighted by Crippen LogP contribution is -2.36. The summed E-state index contributed by atoms with van der Waals surface area (Å²) in [5, 5.41) is 2.85. The molecule has 110 valence electrons. The molecule has 1 aromatic heterocycles. The summed E-state index contributed by atoms with van der Waals surface area (Å²) < 4.78 is 5.72. The molecule has 21 heavy (non-hydrogen) atoms. The van der Waals surface area contributed by atoms with E-state index in [4.69, 9.17) is 4.74 Å². The third kappa shape index (κ3) is 4.31. The van der Waals surface area contributed by atoms with Crippen molar-refractivity contribution in [2.45, 2.75) is 33.4 Å². The predicted molar refractivity (Wildman–Crippen MR) is 82.1 cm³/mol. The van der Waals surface area contributed by atoms with Crippen LogP contribution in [0.2, 0.25) is 0 Å². The fourth-order valence-electron chi connectivity index (χ4n) is 2.01. The van der Waals surface area contributed by atoms with Gasteiger partial charge in [-0.05, 0) is 44.0 Å². The van der Waals surface area contributed by atoms with E-state index in [1.165, 1.54) is 5.56 Å². The van der Waals surface area contributed by atoms with Crippen molar-refractivity contribution in [2.75, 3.05) is 0 Å². The largest absolute Gasteiger partial charge is 0.481 e. The highest BCUT2D eigenvalue weighted by Crippen LogP contribution is 2.20. The van der Waals surface area contributed by atoms with Crippen LogP contribution in [0.25, 0.3) is 0 Å². The highest BCUT2D eigenvalue weighted by atomic mass is 16.5. The minimum absolute atomic E-state index is 0.140. The SMILES string of the molecule is Cc1ccc(O[C@@H](C)C(=O)NCc2cccnc2)c(C)c1. The van der Waals surface area contributed by atoms with Crippen LogP contribution in [-0.2, 0) is 11.3 Å². The molecule has 2 rings (SSSR count). The maximum atomic E-state index is 12.0. The minimum Gasteiger partial charge on any atom is -0.481 e. The Morgan fingerprint density at radius 2 is 2.14 bits per heavy atom. The van der Waals surface area contributed by atoms with Gasteiger partial charge in [-0.25, -0.2) is 0 Å². The van der Waals surface area contributed by atoms with Crippen molar-refractivity contribution < 1.29 is 9.53 Å². The molecular formula is C17H20N2O2. The first-order valence-corrected chi connectivity index (χ1v) is 6.97. The average molecular weight is 284 g/mol. The van der Waals surface area contributed by atoms with Crippen molar-refractivity contribution in [3.8, 4) is 5.75 Å². The molecule has 1 amide bonds. The van der Waals surface area contributed by atoms with Crippen LogP contribution in [0.3, 0.4) is 0 Å². The second kappa shape index (κ2) is 6.88. The Labute approximate surface area is 125 Å². The van der Waals surface area contributed by atoms with Crippen molar-refractivity contribution in [1.29, 1.82) is 0 Å². The van der Waals surface area contributed by atoms with Crippen molar-refractivity contribution in [2.24, 2.45) is 0 Å². The Morgan fingerprint density at radius 1 is 1.33 bits per heavy atom. The third-order valence-electron chi connectivity index (χ3n) is 3.19. The van der Waals surface area contributed by atoms with Crippen LogP contribution < -0.4 is 10.1 Å². The van der Waals surface area contributed by atoms with Crippen LogP contribution in [0.1, 0.15) is 23.6 Å². The molecule has 2 aromatic rings. The normalized spacial score (nSPS) is 11.8. The lowest BCUT2D eigenvalue weighted by molar-refractivity contribution is -0.127. The quantitative estimate of drug-likeness (QED) is 0.918. The number of aryl methyl sites for hydroxylation is 2. The first-order chi connectivity index (χ1) is 10.1. The van der Waals surface area contributed by atoms with Crippen LogP contribution in [0.4, 0.5) is 0 Å². The molecule has 1 N–H and O–H groups in total. The van der Waals surface area contributed by atoms with Gasteiger partial charge >= 0.3 is 0 Å². The van der Waals surface area contributed by atoms with Crippen molar-refractivity contribution in [3.05, 3.63) is 59.4 Å². The molecule has 0 aliphatic rings. The Morgan fingerprint density at radius 3 is 2.81 bits per heavy atom. The van der Waals surface area contributed by atoms with Crippen molar-refractivity contribution in [3.63, 3.8) is 0 Å². The number of ether oxygens (including phenoxy) is 1. The number of nitrogens with zero attached hydrogens (tertiary/aromatic N) is 1. The summed E-state index contributed by atoms with van der Waals surface area (Å²) in [6.07, 6.45) is 2.90. The predicted octanol–water partition coefficient (Wildman–Crippen LogP) is 2.78. The fourth-order valence-corrected chi connectivity index (χ4v) is 2.01. The standard InChI is InChI=1S/C17H20N2O2/c1-12-6-7-16(13(2)9-12)21-14(3)17(20)19-11-15-5-4-8-18-10-15/h4-10,14H,11H2,1-3H3,(H,19,20)/t14-/m0/s1. The van der Waals surface area contributed by atoms with Gasteiger partial charge in [-0.2, -0.15) is 0 Å². The Hall–Kier alpha value is -2.36. The van der Waals surface area contributed by atoms with Gasteiger partial charge in [0.1, 0.15) is 5.75 Å². The number of rotatable bonds is 5. The van der Waals surface area contributed by atoms with Gasteiger partial charge in [0.05, 0.1) is 0 Å². The maximum absolute atomic E-state index is 12.0. The van der Waals surface area contributed by atoms with Crippen molar-refractivity contribution >= 4 is 5.91 Å². The van der Waals surface area contributed by atoms with Gasteiger partial charge in [0.25, 0.3) is 5.91 Å². The molecule has 0 spiro atoms. The molecule has 4 heteroatoms. The Bertz CT molecular complexity index is 611. The van der Waals surface area contributed by atoms with Crippen LogP contribution in [-0.4, -0.2) is 17.0 Å². The molecule has 0 saturated carbocycles. The van der Waals surface area contributed by atoms with E-state index in [9.17, 15) is 4.79 Å². The molecule has 1 heterocycles. The number of carbonyl (C=O) groups is 1. The molecular weight excluding hydrogens is 264 g/mol. The number of aromatic nitrogens is 1. The van der Waals surface area contributed by atoms with Gasteiger partial charge in [-0.3, -0.25) is 9.78 Å². The van der Waals surface area contributed by atoms with E-state index < -0.39 is 6.10 Å². The zero-order chi connectivity index (χ0) is 15.2. The zero-order valence-electron chi connectivity index (χ0n) is 12.6. The number of hydrogen-bond acceptors (Lipinski definition) is 3. The molecule has 0 saturated heterocycles. The Balaban J connectivity index is 1.90. The number of nitrogens with one attached hydrogen (secondary N) is 1. The first kappa shape index (κ1) is 15.0. The van der Waals surface area contributed by atoms with Gasteiger partial charge < -0.3 is 10.1 Å². The highest BCUT2D eigenvalue weighted by Gasteiger charge is 2.15. The summed E-state index contributed by atoms with van der Waals surface area (Å²) in [6.45, 7) is 6.20. The molecule has 1 atom stereocenters. The number of amides is 1. The lowest BCUT2D eigenvalue weighted by Gasteiger charge is -2.16. The lowest BCUT2D eigenvalue weighted by atomic mass is 10.1. The zero-order valence-corrected chi connectivity index (χ0v) is 12.6. The molecule has 0 unspecified atom stereocenters. The van der Waals surface area contributed by atoms with E-state index in [0.717, 1.165) is 16.9 Å². The van der Waals surface area contributed by atoms with E-state index in [-0.39, 0.29) is 5.91 Å². The monoisotopic (exact) mass is 284 g/mol. The first-order valence-electron chi connectivity index (χ1n) is 6.97. The van der Waals surface area contributed by atoms with E-state index >= 15 is 0 Å². The number of pyridine rings is 1. The molecule has 0 aliphatic carbocycles. The molecule has 1 aromatic carbocycles. The van der Waals surface area contributed by atoms with Crippen LogP contribution in [0, 0.1) is 13.8 Å².